The minimum absolute atomic E-state index is 0.111. The second kappa shape index (κ2) is 8.28. The van der Waals surface area contributed by atoms with Crippen LogP contribution in [0.5, 0.6) is 0 Å². The molecule has 0 aliphatic rings. The van der Waals surface area contributed by atoms with E-state index < -0.39 is 5.97 Å². The number of hydrogen-bond acceptors (Lipinski definition) is 4. The first-order valence-electron chi connectivity index (χ1n) is 9.60. The Bertz CT molecular complexity index is 1290. The summed E-state index contributed by atoms with van der Waals surface area (Å²) in [6, 6.07) is 17.6. The van der Waals surface area contributed by atoms with E-state index in [2.05, 4.69) is 21.0 Å². The van der Waals surface area contributed by atoms with Gasteiger partial charge in [-0.1, -0.05) is 58.4 Å². The van der Waals surface area contributed by atoms with Crippen LogP contribution in [0.2, 0.25) is 0 Å². The van der Waals surface area contributed by atoms with Gasteiger partial charge in [-0.25, -0.2) is 9.50 Å². The summed E-state index contributed by atoms with van der Waals surface area (Å²) in [6.45, 7) is 3.75. The van der Waals surface area contributed by atoms with Crippen LogP contribution in [0.25, 0.3) is 28.0 Å². The van der Waals surface area contributed by atoms with Crippen LogP contribution >= 0.6 is 15.9 Å². The summed E-state index contributed by atoms with van der Waals surface area (Å²) in [6.07, 6.45) is -0.111. The molecule has 0 saturated heterocycles. The van der Waals surface area contributed by atoms with Gasteiger partial charge in [0, 0.05) is 15.7 Å². The van der Waals surface area contributed by atoms with Crippen molar-refractivity contribution in [2.24, 2.45) is 0 Å². The van der Waals surface area contributed by atoms with Crippen LogP contribution < -0.4 is 5.56 Å². The summed E-state index contributed by atoms with van der Waals surface area (Å²) in [5, 5.41) is 3.22. The van der Waals surface area contributed by atoms with Gasteiger partial charge in [0.15, 0.2) is 5.65 Å². The van der Waals surface area contributed by atoms with E-state index in [0.717, 1.165) is 26.9 Å². The molecule has 1 N–H and O–H groups in total. The number of fused-ring (bicyclic) bond motifs is 1. The fourth-order valence-electron chi connectivity index (χ4n) is 3.50. The maximum Gasteiger partial charge on any atom is 0.310 e. The number of esters is 1. The molecule has 0 saturated carbocycles. The minimum atomic E-state index is -0.443. The quantitative estimate of drug-likeness (QED) is 0.439. The van der Waals surface area contributed by atoms with Gasteiger partial charge in [-0.2, -0.15) is 0 Å². The number of nitrogens with one attached hydrogen (secondary N) is 1. The number of carbonyl (C=O) groups is 1. The number of rotatable bonds is 5. The van der Waals surface area contributed by atoms with E-state index in [1.54, 1.807) is 13.8 Å². The lowest BCUT2D eigenvalue weighted by atomic mass is 10.0. The Hall–Kier alpha value is -3.19. The zero-order valence-corrected chi connectivity index (χ0v) is 18.2. The van der Waals surface area contributed by atoms with Gasteiger partial charge >= 0.3 is 5.97 Å². The second-order valence-electron chi connectivity index (χ2n) is 6.86. The average Bonchev–Trinajstić information content (AvgIpc) is 3.11. The van der Waals surface area contributed by atoms with Crippen LogP contribution in [0.15, 0.2) is 63.9 Å². The number of aryl methyl sites for hydroxylation is 1. The Morgan fingerprint density at radius 1 is 1.13 bits per heavy atom. The van der Waals surface area contributed by atoms with Crippen molar-refractivity contribution in [1.82, 2.24) is 14.6 Å². The van der Waals surface area contributed by atoms with Crippen molar-refractivity contribution in [3.8, 4) is 22.4 Å². The third-order valence-corrected chi connectivity index (χ3v) is 5.38. The lowest BCUT2D eigenvalue weighted by Crippen LogP contribution is -2.24. The van der Waals surface area contributed by atoms with Crippen LogP contribution in [0.1, 0.15) is 18.2 Å². The van der Waals surface area contributed by atoms with Crippen LogP contribution in [-0.2, 0) is 16.0 Å². The van der Waals surface area contributed by atoms with Gasteiger partial charge in [-0.15, -0.1) is 0 Å². The highest BCUT2D eigenvalue weighted by Gasteiger charge is 2.21. The molecule has 0 radical (unpaired) electrons. The number of hydrogen-bond donors (Lipinski definition) is 1. The Morgan fingerprint density at radius 3 is 2.57 bits per heavy atom. The lowest BCUT2D eigenvalue weighted by molar-refractivity contribution is -0.142. The summed E-state index contributed by atoms with van der Waals surface area (Å²) < 4.78 is 7.36. The van der Waals surface area contributed by atoms with Crippen LogP contribution in [0, 0.1) is 6.92 Å². The molecule has 30 heavy (non-hydrogen) atoms. The van der Waals surface area contributed by atoms with Gasteiger partial charge in [0.1, 0.15) is 0 Å². The molecule has 0 unspecified atom stereocenters. The van der Waals surface area contributed by atoms with Crippen molar-refractivity contribution in [2.45, 2.75) is 20.3 Å². The van der Waals surface area contributed by atoms with E-state index in [1.807, 2.05) is 54.6 Å². The fraction of sp³-hybridized carbons (Fsp3) is 0.174. The van der Waals surface area contributed by atoms with Crippen LogP contribution in [-0.4, -0.2) is 27.2 Å². The Balaban J connectivity index is 2.00. The molecule has 0 atom stereocenters. The molecule has 0 aliphatic heterocycles. The number of carbonyl (C=O) groups excluding carboxylic acids is 1. The molecule has 2 heterocycles. The molecule has 4 aromatic rings. The first-order chi connectivity index (χ1) is 14.5. The molecule has 0 spiro atoms. The maximum atomic E-state index is 13.3. The number of aromatic amines is 1. The number of benzene rings is 2. The summed E-state index contributed by atoms with van der Waals surface area (Å²) in [7, 11) is 0. The number of aromatic nitrogens is 3. The van der Waals surface area contributed by atoms with Crippen molar-refractivity contribution < 1.29 is 9.53 Å². The normalized spacial score (nSPS) is 11.0. The number of H-pyrrole nitrogens is 1. The van der Waals surface area contributed by atoms with Gasteiger partial charge in [0.05, 0.1) is 29.8 Å². The third-order valence-electron chi connectivity index (χ3n) is 4.88. The topological polar surface area (TPSA) is 76.5 Å². The van der Waals surface area contributed by atoms with Crippen molar-refractivity contribution in [3.63, 3.8) is 0 Å². The molecule has 7 heteroatoms. The molecule has 0 bridgehead atoms. The van der Waals surface area contributed by atoms with Gasteiger partial charge in [0.2, 0.25) is 0 Å². The third kappa shape index (κ3) is 3.68. The highest BCUT2D eigenvalue weighted by Crippen LogP contribution is 2.35. The molecular weight excluding hydrogens is 446 g/mol. The van der Waals surface area contributed by atoms with E-state index >= 15 is 0 Å². The van der Waals surface area contributed by atoms with E-state index in [0.29, 0.717) is 16.9 Å². The minimum Gasteiger partial charge on any atom is -0.466 e. The standard InChI is InChI=1S/C23H20BrN3O3/c1-3-30-19(28)13-18-14(2)25-22-20(15-8-5-4-6-9-15)21(26-27(22)23(18)29)16-10-7-11-17(24)12-16/h4-12,26H,3,13H2,1-2H3. The molecule has 6 nitrogen and oxygen atoms in total. The van der Waals surface area contributed by atoms with Crippen molar-refractivity contribution in [3.05, 3.63) is 80.7 Å². The molecule has 0 aliphatic carbocycles. The molecular formula is C23H20BrN3O3. The van der Waals surface area contributed by atoms with E-state index in [1.165, 1.54) is 4.52 Å². The summed E-state index contributed by atoms with van der Waals surface area (Å²) in [4.78, 5) is 30.0. The molecule has 2 aromatic carbocycles. The van der Waals surface area contributed by atoms with Gasteiger partial charge in [0.25, 0.3) is 5.56 Å². The SMILES string of the molecule is CCOC(=O)Cc1c(C)nc2c(-c3ccccc3)c(-c3cccc(Br)c3)[nH]n2c1=O. The molecule has 0 amide bonds. The monoisotopic (exact) mass is 465 g/mol. The Kier molecular flexibility index (Phi) is 5.55. The van der Waals surface area contributed by atoms with Gasteiger partial charge < -0.3 is 4.74 Å². The maximum absolute atomic E-state index is 13.3. The first-order valence-corrected chi connectivity index (χ1v) is 10.4. The van der Waals surface area contributed by atoms with Crippen LogP contribution in [0.3, 0.4) is 0 Å². The molecule has 0 fully saturated rings. The highest BCUT2D eigenvalue weighted by atomic mass is 79.9. The second-order valence-corrected chi connectivity index (χ2v) is 7.78. The van der Waals surface area contributed by atoms with E-state index in [4.69, 9.17) is 9.72 Å². The first kappa shape index (κ1) is 20.1. The fourth-order valence-corrected chi connectivity index (χ4v) is 3.90. The van der Waals surface area contributed by atoms with Crippen molar-refractivity contribution in [2.75, 3.05) is 6.61 Å². The Morgan fingerprint density at radius 2 is 1.87 bits per heavy atom. The van der Waals surface area contributed by atoms with Crippen molar-refractivity contribution >= 4 is 27.5 Å². The molecule has 2 aromatic heterocycles. The van der Waals surface area contributed by atoms with Gasteiger partial charge in [-0.3, -0.25) is 14.7 Å². The highest BCUT2D eigenvalue weighted by molar-refractivity contribution is 9.10. The van der Waals surface area contributed by atoms with Gasteiger partial charge in [-0.05, 0) is 31.5 Å². The average molecular weight is 466 g/mol. The predicted octanol–water partition coefficient (Wildman–Crippen LogP) is 4.53. The lowest BCUT2D eigenvalue weighted by Gasteiger charge is -2.06. The smallest absolute Gasteiger partial charge is 0.310 e. The summed E-state index contributed by atoms with van der Waals surface area (Å²) >= 11 is 3.51. The van der Waals surface area contributed by atoms with E-state index in [9.17, 15) is 9.59 Å². The molecule has 152 valence electrons. The number of ether oxygens (including phenoxy) is 1. The largest absolute Gasteiger partial charge is 0.466 e. The summed E-state index contributed by atoms with van der Waals surface area (Å²) in [5.41, 5.74) is 4.53. The Labute approximate surface area is 181 Å². The number of halogens is 1. The number of nitrogens with zero attached hydrogens (tertiary/aromatic N) is 2. The molecule has 4 rings (SSSR count). The van der Waals surface area contributed by atoms with E-state index in [-0.39, 0.29) is 18.6 Å². The summed E-state index contributed by atoms with van der Waals surface area (Å²) in [5.74, 6) is -0.443. The zero-order chi connectivity index (χ0) is 21.3. The van der Waals surface area contributed by atoms with Crippen LogP contribution in [0.4, 0.5) is 0 Å². The van der Waals surface area contributed by atoms with Crippen molar-refractivity contribution in [1.29, 1.82) is 0 Å². The zero-order valence-electron chi connectivity index (χ0n) is 16.6. The predicted molar refractivity (Wildman–Crippen MR) is 119 cm³/mol.